The van der Waals surface area contributed by atoms with Gasteiger partial charge in [-0.2, -0.15) is 0 Å². The van der Waals surface area contributed by atoms with E-state index in [0.29, 0.717) is 11.8 Å². The predicted octanol–water partition coefficient (Wildman–Crippen LogP) is -0.291. The maximum atomic E-state index is 13.8. The van der Waals surface area contributed by atoms with Crippen LogP contribution in [0, 0.1) is 29.1 Å². The van der Waals surface area contributed by atoms with Crippen LogP contribution in [0.1, 0.15) is 73.6 Å². The van der Waals surface area contributed by atoms with Crippen molar-refractivity contribution in [1.82, 2.24) is 3.80 Å². The number of amides is 1. The van der Waals surface area contributed by atoms with Crippen LogP contribution in [0.2, 0.25) is 17.1 Å². The van der Waals surface area contributed by atoms with Gasteiger partial charge in [-0.25, -0.2) is 0 Å². The Morgan fingerprint density at radius 2 is 1.57 bits per heavy atom. The summed E-state index contributed by atoms with van der Waals surface area (Å²) in [5.74, 6) is 3.24. The van der Waals surface area contributed by atoms with Crippen molar-refractivity contribution in [2.75, 3.05) is 0 Å². The second kappa shape index (κ2) is 9.37. The standard InChI is InChI=1S/C24H39NOSi.2ClH.Ti/c1-7-27(8-2)24(21-16(5)14(3)15(4)17(21)6)20-10-18-9-19(11-20)13-23(24,12-18)22(25)26;;;/h16,18-20,27H,7-13H2,1-6H3,(H2,25,26);2*1H;/q;;;+3/p-3. The number of allylic oxidation sites excluding steroid dienone is 4. The monoisotopic (exact) mass is 502 g/mol. The van der Waals surface area contributed by atoms with Crippen molar-refractivity contribution < 1.29 is 50.3 Å². The summed E-state index contributed by atoms with van der Waals surface area (Å²) in [6.45, 7) is 14.4. The summed E-state index contributed by atoms with van der Waals surface area (Å²) in [6, 6.07) is 2.64. The molecule has 0 aromatic carbocycles. The molecular weight excluding hydrogens is 465 g/mol. The Bertz CT molecular complexity index is 748. The fourth-order valence-corrected chi connectivity index (χ4v) is 14.2. The predicted molar refractivity (Wildman–Crippen MR) is 115 cm³/mol. The third-order valence-electron chi connectivity index (χ3n) is 9.88. The quantitative estimate of drug-likeness (QED) is 0.514. The van der Waals surface area contributed by atoms with Crippen molar-refractivity contribution in [2.45, 2.75) is 90.8 Å². The number of rotatable bonds is 5. The average Bonchev–Trinajstić information content (AvgIpc) is 2.87. The Morgan fingerprint density at radius 1 is 1.03 bits per heavy atom. The van der Waals surface area contributed by atoms with Gasteiger partial charge < -0.3 is 24.8 Å². The topological polar surface area (TPSA) is 29.1 Å². The van der Waals surface area contributed by atoms with Gasteiger partial charge in [0, 0.05) is 0 Å². The van der Waals surface area contributed by atoms with Crippen LogP contribution in [-0.4, -0.2) is 14.7 Å². The molecule has 0 aromatic rings. The van der Waals surface area contributed by atoms with Crippen molar-refractivity contribution in [3.8, 4) is 0 Å². The van der Waals surface area contributed by atoms with E-state index in [2.05, 4.69) is 45.3 Å². The Hall–Kier alpha value is 0.461. The molecule has 4 unspecified atom stereocenters. The van der Waals surface area contributed by atoms with Gasteiger partial charge in [0.2, 0.25) is 0 Å². The van der Waals surface area contributed by atoms with E-state index in [1.165, 1.54) is 36.9 Å². The van der Waals surface area contributed by atoms with E-state index in [0.717, 1.165) is 30.6 Å². The summed E-state index contributed by atoms with van der Waals surface area (Å²) in [4.78, 5) is 13.8. The fourth-order valence-electron chi connectivity index (χ4n) is 8.95. The Morgan fingerprint density at radius 3 is 1.97 bits per heavy atom. The molecule has 167 valence electrons. The molecule has 2 nitrogen and oxygen atoms in total. The van der Waals surface area contributed by atoms with Crippen molar-refractivity contribution in [3.05, 3.63) is 22.3 Å². The molecule has 0 heterocycles. The summed E-state index contributed by atoms with van der Waals surface area (Å²) in [6.07, 6.45) is 6.48. The minimum Gasteiger partial charge on any atom is -1.00 e. The van der Waals surface area contributed by atoms with Crippen LogP contribution in [0.15, 0.2) is 22.3 Å². The molecule has 0 aromatic heterocycles. The van der Waals surface area contributed by atoms with Gasteiger partial charge in [0.1, 0.15) is 0 Å². The SMILES string of the molecule is CC[SiH](CC)C1(C2=C(C)C(C)=C(C)C2C)C2CC3CC(C2)CC1(C(=O)[NH][Ti+2])C3.[Cl-].[Cl-]. The Kier molecular flexibility index (Phi) is 8.34. The summed E-state index contributed by atoms with van der Waals surface area (Å²) in [7, 11) is -1.17. The maximum Gasteiger partial charge on any atom is -1.00 e. The van der Waals surface area contributed by atoms with Gasteiger partial charge in [-0.3, -0.25) is 0 Å². The van der Waals surface area contributed by atoms with E-state index in [1.54, 1.807) is 16.7 Å². The van der Waals surface area contributed by atoms with E-state index in [1.807, 2.05) is 20.7 Å². The van der Waals surface area contributed by atoms with Crippen LogP contribution < -0.4 is 28.6 Å². The van der Waals surface area contributed by atoms with Gasteiger partial charge in [0.25, 0.3) is 0 Å². The molecule has 0 radical (unpaired) electrons. The van der Waals surface area contributed by atoms with Crippen LogP contribution in [0.3, 0.4) is 0 Å². The minimum absolute atomic E-state index is 0. The number of carbonyl (C=O) groups excluding carboxylic acids is 1. The molecule has 4 fully saturated rings. The molecule has 5 rings (SSSR count). The minimum atomic E-state index is -1.17. The molecule has 4 saturated carbocycles. The smallest absolute Gasteiger partial charge is 1.00 e. The van der Waals surface area contributed by atoms with Crippen LogP contribution >= 0.6 is 0 Å². The van der Waals surface area contributed by atoms with E-state index >= 15 is 0 Å². The maximum absolute atomic E-state index is 13.8. The molecule has 4 bridgehead atoms. The third kappa shape index (κ3) is 3.23. The molecular formula is C24H38Cl2NOSiTi. The van der Waals surface area contributed by atoms with Crippen molar-refractivity contribution in [1.29, 1.82) is 0 Å². The summed E-state index contributed by atoms with van der Waals surface area (Å²) >= 11 is 1.90. The molecule has 0 spiro atoms. The molecule has 0 aliphatic heterocycles. The third-order valence-corrected chi connectivity index (χ3v) is 14.8. The van der Waals surface area contributed by atoms with Crippen molar-refractivity contribution in [3.63, 3.8) is 0 Å². The zero-order valence-electron chi connectivity index (χ0n) is 19.5. The van der Waals surface area contributed by atoms with Crippen LogP contribution in [0.4, 0.5) is 0 Å². The molecule has 6 heteroatoms. The van der Waals surface area contributed by atoms with Gasteiger partial charge in [0.05, 0.1) is 0 Å². The van der Waals surface area contributed by atoms with E-state index in [4.69, 9.17) is 0 Å². The second-order valence-electron chi connectivity index (χ2n) is 10.5. The average molecular weight is 503 g/mol. The van der Waals surface area contributed by atoms with Crippen molar-refractivity contribution >= 4 is 14.7 Å². The van der Waals surface area contributed by atoms with Gasteiger partial charge in [0.15, 0.2) is 0 Å². The number of hydrogen-bond donors (Lipinski definition) is 1. The Balaban J connectivity index is 0.00000160. The fraction of sp³-hybridized carbons (Fsp3) is 0.792. The number of halogens is 2. The zero-order valence-corrected chi connectivity index (χ0v) is 23.7. The molecule has 5 aliphatic rings. The first-order valence-electron chi connectivity index (χ1n) is 11.6. The van der Waals surface area contributed by atoms with Crippen molar-refractivity contribution in [2.24, 2.45) is 29.1 Å². The van der Waals surface area contributed by atoms with E-state index < -0.39 is 8.80 Å². The largest absolute Gasteiger partial charge is 1.00 e. The molecule has 5 aliphatic carbocycles. The van der Waals surface area contributed by atoms with Gasteiger partial charge in [-0.1, -0.05) is 0 Å². The number of nitrogens with one attached hydrogen (secondary N) is 1. The second-order valence-corrected chi connectivity index (χ2v) is 14.9. The van der Waals surface area contributed by atoms with Gasteiger partial charge in [-0.05, 0) is 0 Å². The first-order chi connectivity index (χ1) is 13.3. The number of carbonyl (C=O) groups is 1. The van der Waals surface area contributed by atoms with Crippen LogP contribution in [0.25, 0.3) is 0 Å². The molecule has 1 amide bonds. The molecule has 1 N–H and O–H groups in total. The number of hydrogen-bond acceptors (Lipinski definition) is 1. The first-order valence-corrected chi connectivity index (χ1v) is 14.6. The molecule has 4 atom stereocenters. The van der Waals surface area contributed by atoms with E-state index in [-0.39, 0.29) is 35.3 Å². The van der Waals surface area contributed by atoms with Gasteiger partial charge in [-0.15, -0.1) is 0 Å². The summed E-state index contributed by atoms with van der Waals surface area (Å²) < 4.78 is 3.20. The first kappa shape index (κ1) is 26.7. The summed E-state index contributed by atoms with van der Waals surface area (Å²) in [5.41, 5.74) is 6.24. The van der Waals surface area contributed by atoms with Crippen LogP contribution in [0.5, 0.6) is 0 Å². The van der Waals surface area contributed by atoms with Crippen LogP contribution in [-0.2, 0) is 25.5 Å². The molecule has 0 saturated heterocycles. The molecule has 30 heavy (non-hydrogen) atoms. The summed E-state index contributed by atoms with van der Waals surface area (Å²) in [5, 5.41) is 0.187. The van der Waals surface area contributed by atoms with Gasteiger partial charge >= 0.3 is 186 Å². The zero-order chi connectivity index (χ0) is 20.4. The Labute approximate surface area is 210 Å². The van der Waals surface area contributed by atoms with E-state index in [9.17, 15) is 4.79 Å². The normalized spacial score (nSPS) is 39.4.